The molecule has 1 saturated heterocycles. The van der Waals surface area contributed by atoms with Gasteiger partial charge in [0.25, 0.3) is 11.8 Å². The molecule has 166 valence electrons. The molecular weight excluding hydrogens is 418 g/mol. The summed E-state index contributed by atoms with van der Waals surface area (Å²) in [5, 5.41) is 5.55. The van der Waals surface area contributed by atoms with E-state index >= 15 is 0 Å². The molecule has 9 heteroatoms. The van der Waals surface area contributed by atoms with Gasteiger partial charge in [-0.05, 0) is 57.0 Å². The molecule has 1 unspecified atom stereocenters. The third-order valence-electron chi connectivity index (χ3n) is 4.73. The Morgan fingerprint density at radius 3 is 2.58 bits per heavy atom. The topological polar surface area (TPSA) is 114 Å². The first-order chi connectivity index (χ1) is 14.8. The van der Waals surface area contributed by atoms with Crippen LogP contribution >= 0.6 is 0 Å². The van der Waals surface area contributed by atoms with E-state index in [9.17, 15) is 18.0 Å². The summed E-state index contributed by atoms with van der Waals surface area (Å²) in [5.74, 6) is -0.829. The monoisotopic (exact) mass is 445 g/mol. The van der Waals surface area contributed by atoms with Crippen LogP contribution < -0.4 is 15.4 Å². The lowest BCUT2D eigenvalue weighted by Crippen LogP contribution is -2.32. The zero-order valence-corrected chi connectivity index (χ0v) is 18.4. The molecule has 0 saturated carbocycles. The number of para-hydroxylation sites is 1. The summed E-state index contributed by atoms with van der Waals surface area (Å²) in [4.78, 5) is 25.4. The van der Waals surface area contributed by atoms with Crippen molar-refractivity contribution in [3.8, 4) is 0 Å². The average molecular weight is 446 g/mol. The number of hydrogen-bond donors (Lipinski definition) is 3. The van der Waals surface area contributed by atoms with Crippen LogP contribution in [0.5, 0.6) is 0 Å². The highest BCUT2D eigenvalue weighted by Gasteiger charge is 2.20. The molecule has 0 radical (unpaired) electrons. The zero-order valence-electron chi connectivity index (χ0n) is 17.6. The van der Waals surface area contributed by atoms with E-state index in [0.717, 1.165) is 12.8 Å². The summed E-state index contributed by atoms with van der Waals surface area (Å²) in [5.41, 5.74) is 0.825. The zero-order chi connectivity index (χ0) is 22.4. The highest BCUT2D eigenvalue weighted by molar-refractivity contribution is 7.89. The Kier molecular flexibility index (Phi) is 7.42. The first kappa shape index (κ1) is 22.9. The van der Waals surface area contributed by atoms with Crippen molar-refractivity contribution >= 4 is 27.5 Å². The molecule has 2 aromatic rings. The second kappa shape index (κ2) is 10.0. The Morgan fingerprint density at radius 2 is 1.87 bits per heavy atom. The number of carbonyl (C=O) groups excluding carboxylic acids is 2. The van der Waals surface area contributed by atoms with Gasteiger partial charge in [0.2, 0.25) is 10.0 Å². The van der Waals surface area contributed by atoms with Crippen LogP contribution in [0.1, 0.15) is 47.4 Å². The number of ether oxygens (including phenoxy) is 1. The SMILES string of the molecule is CC(C)NS(=O)(=O)c1cccc(C(=O)Nc2ccccc2C(=O)NCC2CCCO2)c1. The Bertz CT molecular complexity index is 1050. The van der Waals surface area contributed by atoms with E-state index in [1.807, 2.05) is 0 Å². The standard InChI is InChI=1S/C22H27N3O5S/c1-15(2)25-31(28,29)18-9-5-7-16(13-18)21(26)24-20-11-4-3-10-19(20)22(27)23-14-17-8-6-12-30-17/h3-5,7,9-11,13,15,17,25H,6,8,12,14H2,1-2H3,(H,23,27)(H,24,26). The maximum absolute atomic E-state index is 12.8. The minimum absolute atomic E-state index is 0.00329. The molecule has 0 aromatic heterocycles. The molecule has 8 nitrogen and oxygen atoms in total. The number of amides is 2. The predicted molar refractivity (Wildman–Crippen MR) is 118 cm³/mol. The van der Waals surface area contributed by atoms with Gasteiger partial charge in [-0.25, -0.2) is 13.1 Å². The Balaban J connectivity index is 1.74. The summed E-state index contributed by atoms with van der Waals surface area (Å²) in [7, 11) is -3.73. The maximum atomic E-state index is 12.8. The summed E-state index contributed by atoms with van der Waals surface area (Å²) in [6.45, 7) is 4.54. The van der Waals surface area contributed by atoms with Crippen molar-refractivity contribution in [2.75, 3.05) is 18.5 Å². The molecular formula is C22H27N3O5S. The van der Waals surface area contributed by atoms with Gasteiger partial charge in [0, 0.05) is 24.8 Å². The predicted octanol–water partition coefficient (Wildman–Crippen LogP) is 2.53. The molecule has 1 atom stereocenters. The van der Waals surface area contributed by atoms with Crippen LogP contribution in [-0.4, -0.2) is 45.5 Å². The molecule has 3 N–H and O–H groups in total. The Labute approximate surface area is 182 Å². The number of benzene rings is 2. The third kappa shape index (κ3) is 6.13. The summed E-state index contributed by atoms with van der Waals surface area (Å²) >= 11 is 0. The molecule has 0 bridgehead atoms. The van der Waals surface area contributed by atoms with Crippen LogP contribution in [0.15, 0.2) is 53.4 Å². The van der Waals surface area contributed by atoms with E-state index in [0.29, 0.717) is 24.4 Å². The van der Waals surface area contributed by atoms with Crippen molar-refractivity contribution in [3.05, 3.63) is 59.7 Å². The van der Waals surface area contributed by atoms with Gasteiger partial charge in [0.15, 0.2) is 0 Å². The second-order valence-electron chi connectivity index (χ2n) is 7.65. The van der Waals surface area contributed by atoms with Gasteiger partial charge in [0.1, 0.15) is 0 Å². The molecule has 0 aliphatic carbocycles. The lowest BCUT2D eigenvalue weighted by molar-refractivity contribution is 0.0858. The van der Waals surface area contributed by atoms with Crippen molar-refractivity contribution in [1.29, 1.82) is 0 Å². The van der Waals surface area contributed by atoms with E-state index in [1.54, 1.807) is 38.1 Å². The normalized spacial score (nSPS) is 16.3. The Hall–Kier alpha value is -2.75. The van der Waals surface area contributed by atoms with Crippen LogP contribution in [0.2, 0.25) is 0 Å². The first-order valence-electron chi connectivity index (χ1n) is 10.2. The van der Waals surface area contributed by atoms with Gasteiger partial charge >= 0.3 is 0 Å². The van der Waals surface area contributed by atoms with Crippen molar-refractivity contribution in [1.82, 2.24) is 10.0 Å². The number of carbonyl (C=O) groups is 2. The van der Waals surface area contributed by atoms with Gasteiger partial charge in [-0.2, -0.15) is 0 Å². The first-order valence-corrected chi connectivity index (χ1v) is 11.7. The molecule has 2 aromatic carbocycles. The fourth-order valence-corrected chi connectivity index (χ4v) is 4.57. The quantitative estimate of drug-likeness (QED) is 0.578. The molecule has 31 heavy (non-hydrogen) atoms. The molecule has 1 aliphatic rings. The summed E-state index contributed by atoms with van der Waals surface area (Å²) < 4.78 is 32.8. The largest absolute Gasteiger partial charge is 0.376 e. The van der Waals surface area contributed by atoms with Gasteiger partial charge in [-0.15, -0.1) is 0 Å². The lowest BCUT2D eigenvalue weighted by Gasteiger charge is -2.14. The highest BCUT2D eigenvalue weighted by atomic mass is 32.2. The molecule has 1 aliphatic heterocycles. The minimum Gasteiger partial charge on any atom is -0.376 e. The van der Waals surface area contributed by atoms with Crippen molar-refractivity contribution in [2.24, 2.45) is 0 Å². The lowest BCUT2D eigenvalue weighted by atomic mass is 10.1. The summed E-state index contributed by atoms with van der Waals surface area (Å²) in [6, 6.07) is 12.1. The summed E-state index contributed by atoms with van der Waals surface area (Å²) in [6.07, 6.45) is 1.90. The van der Waals surface area contributed by atoms with E-state index in [4.69, 9.17) is 4.74 Å². The maximum Gasteiger partial charge on any atom is 0.255 e. The second-order valence-corrected chi connectivity index (χ2v) is 9.36. The number of sulfonamides is 1. The average Bonchev–Trinajstić information content (AvgIpc) is 3.25. The van der Waals surface area contributed by atoms with Gasteiger partial charge < -0.3 is 15.4 Å². The molecule has 1 heterocycles. The smallest absolute Gasteiger partial charge is 0.255 e. The number of rotatable bonds is 8. The van der Waals surface area contributed by atoms with Crippen molar-refractivity contribution in [3.63, 3.8) is 0 Å². The van der Waals surface area contributed by atoms with E-state index in [2.05, 4.69) is 15.4 Å². The van der Waals surface area contributed by atoms with Crippen molar-refractivity contribution in [2.45, 2.75) is 43.7 Å². The molecule has 1 fully saturated rings. The minimum atomic E-state index is -3.73. The van der Waals surface area contributed by atoms with Crippen molar-refractivity contribution < 1.29 is 22.7 Å². The van der Waals surface area contributed by atoms with Crippen LogP contribution in [0.25, 0.3) is 0 Å². The molecule has 2 amide bonds. The fraction of sp³-hybridized carbons (Fsp3) is 0.364. The highest BCUT2D eigenvalue weighted by Crippen LogP contribution is 2.18. The Morgan fingerprint density at radius 1 is 1.10 bits per heavy atom. The van der Waals surface area contributed by atoms with Gasteiger partial charge in [0.05, 0.1) is 22.3 Å². The van der Waals surface area contributed by atoms with Crippen LogP contribution in [-0.2, 0) is 14.8 Å². The third-order valence-corrected chi connectivity index (χ3v) is 6.39. The fourth-order valence-electron chi connectivity index (χ4n) is 3.27. The van der Waals surface area contributed by atoms with Crippen LogP contribution in [0, 0.1) is 0 Å². The number of hydrogen-bond acceptors (Lipinski definition) is 5. The number of anilines is 1. The van der Waals surface area contributed by atoms with Gasteiger partial charge in [-0.1, -0.05) is 18.2 Å². The van der Waals surface area contributed by atoms with Gasteiger partial charge in [-0.3, -0.25) is 9.59 Å². The molecule has 0 spiro atoms. The van der Waals surface area contributed by atoms with E-state index in [1.165, 1.54) is 24.3 Å². The number of nitrogens with one attached hydrogen (secondary N) is 3. The van der Waals surface area contributed by atoms with Crippen LogP contribution in [0.4, 0.5) is 5.69 Å². The molecule has 3 rings (SSSR count). The van der Waals surface area contributed by atoms with E-state index < -0.39 is 15.9 Å². The van der Waals surface area contributed by atoms with E-state index in [-0.39, 0.29) is 28.5 Å². The van der Waals surface area contributed by atoms with Crippen LogP contribution in [0.3, 0.4) is 0 Å².